The fourth-order valence-electron chi connectivity index (χ4n) is 1.84. The van der Waals surface area contributed by atoms with Crippen molar-refractivity contribution in [1.82, 2.24) is 10.2 Å². The molecule has 0 aliphatic carbocycles. The van der Waals surface area contributed by atoms with Gasteiger partial charge in [0.2, 0.25) is 5.82 Å². The van der Waals surface area contributed by atoms with Crippen molar-refractivity contribution in [3.8, 4) is 0 Å². The number of anilines is 2. The number of aromatic nitrogens is 2. The van der Waals surface area contributed by atoms with Crippen LogP contribution in [0.25, 0.3) is 0 Å². The summed E-state index contributed by atoms with van der Waals surface area (Å²) in [4.78, 5) is 10.2. The van der Waals surface area contributed by atoms with Crippen molar-refractivity contribution in [1.29, 1.82) is 0 Å². The summed E-state index contributed by atoms with van der Waals surface area (Å²) in [5.41, 5.74) is 4.71. The molecule has 6 N–H and O–H groups in total. The Morgan fingerprint density at radius 1 is 1.50 bits per heavy atom. The lowest BCUT2D eigenvalue weighted by Gasteiger charge is -2.16. The van der Waals surface area contributed by atoms with Crippen LogP contribution in [-0.2, 0) is 4.74 Å². The molecule has 1 fully saturated rings. The predicted octanol–water partition coefficient (Wildman–Crippen LogP) is -2.18. The lowest BCUT2D eigenvalue weighted by atomic mass is 10.1. The standard InChI is InChI=1S/C9H13N5O6/c10-3-1-11-13-8(5(3)14(18)19)12-9-7(17)6(16)4(2-15)20-9/h1,4,6-7,9,15-17H,2H2,(H3,10,12,13)/t4-,6-,7-,9-/m1/s1. The van der Waals surface area contributed by atoms with Crippen LogP contribution < -0.4 is 11.1 Å². The molecule has 2 rings (SSSR count). The maximum Gasteiger partial charge on any atom is 0.337 e. The zero-order valence-electron chi connectivity index (χ0n) is 10.1. The zero-order chi connectivity index (χ0) is 14.9. The summed E-state index contributed by atoms with van der Waals surface area (Å²) in [5.74, 6) is -0.301. The number of hydrogen-bond acceptors (Lipinski definition) is 10. The van der Waals surface area contributed by atoms with E-state index in [1.807, 2.05) is 0 Å². The summed E-state index contributed by atoms with van der Waals surface area (Å²) in [6.07, 6.45) is -3.89. The molecule has 1 aliphatic heterocycles. The Bertz CT molecular complexity index is 514. The first kappa shape index (κ1) is 14.3. The van der Waals surface area contributed by atoms with E-state index in [1.54, 1.807) is 0 Å². The first-order valence-corrected chi connectivity index (χ1v) is 5.60. The Kier molecular flexibility index (Phi) is 3.94. The van der Waals surface area contributed by atoms with Crippen LogP contribution in [0.15, 0.2) is 6.20 Å². The molecule has 1 aromatic rings. The molecule has 0 spiro atoms. The van der Waals surface area contributed by atoms with Gasteiger partial charge in [-0.3, -0.25) is 10.1 Å². The second kappa shape index (κ2) is 5.50. The van der Waals surface area contributed by atoms with Gasteiger partial charge in [0.05, 0.1) is 17.7 Å². The highest BCUT2D eigenvalue weighted by atomic mass is 16.6. The maximum absolute atomic E-state index is 10.9. The average molecular weight is 287 g/mol. The van der Waals surface area contributed by atoms with Gasteiger partial charge in [-0.05, 0) is 0 Å². The number of nitrogen functional groups attached to an aromatic ring is 1. The number of nitro groups is 1. The Morgan fingerprint density at radius 3 is 2.75 bits per heavy atom. The number of aliphatic hydroxyl groups is 3. The molecule has 0 bridgehead atoms. The molecule has 0 amide bonds. The van der Waals surface area contributed by atoms with Crippen LogP contribution in [0.4, 0.5) is 17.2 Å². The van der Waals surface area contributed by atoms with E-state index in [-0.39, 0.29) is 11.5 Å². The van der Waals surface area contributed by atoms with Crippen molar-refractivity contribution in [3.63, 3.8) is 0 Å². The van der Waals surface area contributed by atoms with Gasteiger partial charge in [-0.1, -0.05) is 0 Å². The van der Waals surface area contributed by atoms with Crippen molar-refractivity contribution < 1.29 is 25.0 Å². The van der Waals surface area contributed by atoms with E-state index in [9.17, 15) is 20.3 Å². The van der Waals surface area contributed by atoms with Gasteiger partial charge >= 0.3 is 5.69 Å². The Morgan fingerprint density at radius 2 is 2.20 bits per heavy atom. The van der Waals surface area contributed by atoms with Crippen LogP contribution in [0, 0.1) is 10.1 Å². The topological polar surface area (TPSA) is 177 Å². The molecule has 20 heavy (non-hydrogen) atoms. The third-order valence-corrected chi connectivity index (χ3v) is 2.86. The quantitative estimate of drug-likeness (QED) is 0.302. The SMILES string of the molecule is Nc1cnnc(N[C@@H]2O[C@H](CO)[C@@H](O)[C@H]2O)c1[N+](=O)[O-]. The van der Waals surface area contributed by atoms with Crippen LogP contribution in [0.5, 0.6) is 0 Å². The molecule has 4 atom stereocenters. The fourth-order valence-corrected chi connectivity index (χ4v) is 1.84. The van der Waals surface area contributed by atoms with Gasteiger partial charge in [0, 0.05) is 0 Å². The summed E-state index contributed by atoms with van der Waals surface area (Å²) < 4.78 is 5.12. The van der Waals surface area contributed by atoms with Crippen molar-refractivity contribution in [2.24, 2.45) is 0 Å². The first-order valence-electron chi connectivity index (χ1n) is 5.60. The van der Waals surface area contributed by atoms with Gasteiger partial charge in [-0.25, -0.2) is 0 Å². The molecule has 11 nitrogen and oxygen atoms in total. The minimum absolute atomic E-state index is 0.209. The number of rotatable bonds is 4. The summed E-state index contributed by atoms with van der Waals surface area (Å²) in [6.45, 7) is -0.513. The molecule has 1 aromatic heterocycles. The minimum atomic E-state index is -1.39. The van der Waals surface area contributed by atoms with Gasteiger partial charge in [-0.2, -0.15) is 5.10 Å². The zero-order valence-corrected chi connectivity index (χ0v) is 10.1. The molecular weight excluding hydrogens is 274 g/mol. The van der Waals surface area contributed by atoms with Crippen LogP contribution in [-0.4, -0.2) is 61.6 Å². The van der Waals surface area contributed by atoms with E-state index in [1.165, 1.54) is 0 Å². The summed E-state index contributed by atoms with van der Waals surface area (Å²) in [5, 5.41) is 48.6. The second-order valence-corrected chi connectivity index (χ2v) is 4.16. The van der Waals surface area contributed by atoms with Crippen molar-refractivity contribution in [3.05, 3.63) is 16.3 Å². The van der Waals surface area contributed by atoms with Crippen LogP contribution >= 0.6 is 0 Å². The highest BCUT2D eigenvalue weighted by Gasteiger charge is 2.43. The smallest absolute Gasteiger partial charge is 0.337 e. The van der Waals surface area contributed by atoms with E-state index in [0.717, 1.165) is 6.20 Å². The fraction of sp³-hybridized carbons (Fsp3) is 0.556. The molecule has 0 unspecified atom stereocenters. The van der Waals surface area contributed by atoms with Gasteiger partial charge in [-0.15, -0.1) is 5.10 Å². The molecule has 110 valence electrons. The lowest BCUT2D eigenvalue weighted by molar-refractivity contribution is -0.383. The number of aliphatic hydroxyl groups excluding tert-OH is 3. The van der Waals surface area contributed by atoms with Crippen LogP contribution in [0.3, 0.4) is 0 Å². The largest absolute Gasteiger partial charge is 0.394 e. The van der Waals surface area contributed by atoms with Gasteiger partial charge in [0.1, 0.15) is 24.0 Å². The van der Waals surface area contributed by atoms with Gasteiger partial charge in [0.15, 0.2) is 6.23 Å². The third-order valence-electron chi connectivity index (χ3n) is 2.86. The number of ether oxygens (including phenoxy) is 1. The van der Waals surface area contributed by atoms with E-state index >= 15 is 0 Å². The third kappa shape index (κ3) is 2.46. The minimum Gasteiger partial charge on any atom is -0.394 e. The molecular formula is C9H13N5O6. The average Bonchev–Trinajstić information content (AvgIpc) is 2.66. The Balaban J connectivity index is 2.23. The van der Waals surface area contributed by atoms with Gasteiger partial charge < -0.3 is 31.1 Å². The van der Waals surface area contributed by atoms with E-state index in [0.29, 0.717) is 0 Å². The number of nitrogens with one attached hydrogen (secondary N) is 1. The second-order valence-electron chi connectivity index (χ2n) is 4.16. The van der Waals surface area contributed by atoms with Crippen LogP contribution in [0.1, 0.15) is 0 Å². The highest BCUT2D eigenvalue weighted by Crippen LogP contribution is 2.30. The molecule has 0 saturated carbocycles. The lowest BCUT2D eigenvalue weighted by Crippen LogP contribution is -2.36. The molecule has 0 aromatic carbocycles. The maximum atomic E-state index is 10.9. The molecule has 1 saturated heterocycles. The number of nitrogens with zero attached hydrogens (tertiary/aromatic N) is 3. The van der Waals surface area contributed by atoms with Crippen molar-refractivity contribution >= 4 is 17.2 Å². The Labute approximate surface area is 112 Å². The highest BCUT2D eigenvalue weighted by molar-refractivity contribution is 5.69. The van der Waals surface area contributed by atoms with E-state index in [2.05, 4.69) is 15.5 Å². The van der Waals surface area contributed by atoms with Crippen molar-refractivity contribution in [2.75, 3.05) is 17.7 Å². The Hall–Kier alpha value is -2.08. The van der Waals surface area contributed by atoms with E-state index in [4.69, 9.17) is 15.6 Å². The number of nitrogens with two attached hydrogens (primary N) is 1. The van der Waals surface area contributed by atoms with Crippen LogP contribution in [0.2, 0.25) is 0 Å². The van der Waals surface area contributed by atoms with Gasteiger partial charge in [0.25, 0.3) is 0 Å². The molecule has 11 heteroatoms. The first-order chi connectivity index (χ1) is 9.45. The molecule has 0 radical (unpaired) electrons. The van der Waals surface area contributed by atoms with E-state index < -0.39 is 41.8 Å². The summed E-state index contributed by atoms with van der Waals surface area (Å²) in [7, 11) is 0. The predicted molar refractivity (Wildman–Crippen MR) is 64.5 cm³/mol. The summed E-state index contributed by atoms with van der Waals surface area (Å²) in [6, 6.07) is 0. The van der Waals surface area contributed by atoms with Crippen molar-refractivity contribution in [2.45, 2.75) is 24.5 Å². The monoisotopic (exact) mass is 287 g/mol. The normalized spacial score (nSPS) is 29.4. The number of hydrogen-bond donors (Lipinski definition) is 5. The molecule has 2 heterocycles. The molecule has 1 aliphatic rings. The summed E-state index contributed by atoms with van der Waals surface area (Å²) >= 11 is 0.